The average Bonchev–Trinajstić information content (AvgIpc) is 2.35. The normalized spacial score (nSPS) is 10.8. The molecule has 0 radical (unpaired) electrons. The van der Waals surface area contributed by atoms with Crippen LogP contribution in [-0.4, -0.2) is 0 Å². The van der Waals surface area contributed by atoms with Gasteiger partial charge in [0.25, 0.3) is 0 Å². The number of nitrogens with two attached hydrogens (primary N) is 1. The lowest BCUT2D eigenvalue weighted by atomic mass is 10.0. The molecule has 0 bridgehead atoms. The Kier molecular flexibility index (Phi) is 2.01. The van der Waals surface area contributed by atoms with E-state index in [9.17, 15) is 0 Å². The van der Waals surface area contributed by atoms with E-state index in [1.807, 2.05) is 24.3 Å². The SMILES string of the molecule is NOc1cccc2cc3ccccc3cc12. The smallest absolute Gasteiger partial charge is 0.154 e. The number of hydrogen-bond acceptors (Lipinski definition) is 2. The van der Waals surface area contributed by atoms with E-state index in [4.69, 9.17) is 10.7 Å². The third-order valence-electron chi connectivity index (χ3n) is 2.83. The van der Waals surface area contributed by atoms with Crippen LogP contribution in [0.4, 0.5) is 0 Å². The van der Waals surface area contributed by atoms with Gasteiger partial charge in [0.05, 0.1) is 0 Å². The van der Waals surface area contributed by atoms with Gasteiger partial charge >= 0.3 is 0 Å². The van der Waals surface area contributed by atoms with Gasteiger partial charge in [0.15, 0.2) is 5.75 Å². The summed E-state index contributed by atoms with van der Waals surface area (Å²) in [5.41, 5.74) is 0. The maximum Gasteiger partial charge on any atom is 0.154 e. The lowest BCUT2D eigenvalue weighted by Crippen LogP contribution is -2.01. The zero-order valence-corrected chi connectivity index (χ0v) is 8.68. The largest absolute Gasteiger partial charge is 0.411 e. The lowest BCUT2D eigenvalue weighted by Gasteiger charge is -2.06. The van der Waals surface area contributed by atoms with Gasteiger partial charge in [0.1, 0.15) is 0 Å². The van der Waals surface area contributed by atoms with Gasteiger partial charge in [-0.05, 0) is 34.4 Å². The number of rotatable bonds is 1. The van der Waals surface area contributed by atoms with Gasteiger partial charge < -0.3 is 4.84 Å². The monoisotopic (exact) mass is 209 g/mol. The van der Waals surface area contributed by atoms with E-state index in [2.05, 4.69) is 30.3 Å². The molecular weight excluding hydrogens is 198 g/mol. The van der Waals surface area contributed by atoms with Crippen molar-refractivity contribution in [1.29, 1.82) is 0 Å². The molecule has 0 fully saturated rings. The Bertz CT molecular complexity index is 661. The summed E-state index contributed by atoms with van der Waals surface area (Å²) in [7, 11) is 0. The van der Waals surface area contributed by atoms with Crippen LogP contribution in [-0.2, 0) is 0 Å². The Labute approximate surface area is 93.2 Å². The topological polar surface area (TPSA) is 35.2 Å². The summed E-state index contributed by atoms with van der Waals surface area (Å²) in [5, 5.41) is 4.61. The van der Waals surface area contributed by atoms with Crippen molar-refractivity contribution in [2.45, 2.75) is 0 Å². The quantitative estimate of drug-likeness (QED) is 0.493. The standard InChI is InChI=1S/C14H11NO/c15-16-14-7-3-6-12-8-10-4-1-2-5-11(10)9-13(12)14/h1-9H,15H2. The third-order valence-corrected chi connectivity index (χ3v) is 2.83. The fourth-order valence-electron chi connectivity index (χ4n) is 2.04. The average molecular weight is 209 g/mol. The van der Waals surface area contributed by atoms with Crippen LogP contribution in [0, 0.1) is 0 Å². The predicted molar refractivity (Wildman–Crippen MR) is 66.3 cm³/mol. The summed E-state index contributed by atoms with van der Waals surface area (Å²) < 4.78 is 0. The van der Waals surface area contributed by atoms with Crippen molar-refractivity contribution < 1.29 is 4.84 Å². The van der Waals surface area contributed by atoms with Crippen LogP contribution in [0.1, 0.15) is 0 Å². The lowest BCUT2D eigenvalue weighted by molar-refractivity contribution is 0.339. The van der Waals surface area contributed by atoms with Crippen molar-refractivity contribution in [3.05, 3.63) is 54.6 Å². The highest BCUT2D eigenvalue weighted by atomic mass is 16.6. The van der Waals surface area contributed by atoms with E-state index in [0.29, 0.717) is 5.75 Å². The van der Waals surface area contributed by atoms with Crippen molar-refractivity contribution in [1.82, 2.24) is 0 Å². The van der Waals surface area contributed by atoms with Crippen LogP contribution in [0.15, 0.2) is 54.6 Å². The zero-order chi connectivity index (χ0) is 11.0. The van der Waals surface area contributed by atoms with E-state index in [0.717, 1.165) is 10.8 Å². The maximum absolute atomic E-state index is 5.26. The fraction of sp³-hybridized carbons (Fsp3) is 0. The first kappa shape index (κ1) is 9.19. The third kappa shape index (κ3) is 1.32. The van der Waals surface area contributed by atoms with Crippen LogP contribution in [0.3, 0.4) is 0 Å². The van der Waals surface area contributed by atoms with Crippen molar-refractivity contribution in [2.75, 3.05) is 0 Å². The number of fused-ring (bicyclic) bond motifs is 2. The molecule has 3 aromatic carbocycles. The second-order valence-corrected chi connectivity index (χ2v) is 3.79. The number of hydrogen-bond donors (Lipinski definition) is 1. The molecule has 2 heteroatoms. The molecule has 16 heavy (non-hydrogen) atoms. The molecule has 2 N–H and O–H groups in total. The van der Waals surface area contributed by atoms with Gasteiger partial charge in [-0.25, -0.2) is 0 Å². The molecule has 3 aromatic rings. The second-order valence-electron chi connectivity index (χ2n) is 3.79. The van der Waals surface area contributed by atoms with Crippen molar-refractivity contribution >= 4 is 21.5 Å². The molecule has 3 rings (SSSR count). The van der Waals surface area contributed by atoms with E-state index in [1.54, 1.807) is 0 Å². The van der Waals surface area contributed by atoms with Crippen LogP contribution < -0.4 is 10.7 Å². The van der Waals surface area contributed by atoms with E-state index in [-0.39, 0.29) is 0 Å². The predicted octanol–water partition coefficient (Wildman–Crippen LogP) is 3.25. The first-order valence-corrected chi connectivity index (χ1v) is 5.17. The molecule has 0 atom stereocenters. The molecule has 0 unspecified atom stereocenters. The molecule has 0 aliphatic rings. The maximum atomic E-state index is 5.26. The molecule has 0 saturated carbocycles. The Morgan fingerprint density at radius 3 is 2.19 bits per heavy atom. The molecule has 0 spiro atoms. The van der Waals surface area contributed by atoms with E-state index >= 15 is 0 Å². The summed E-state index contributed by atoms with van der Waals surface area (Å²) >= 11 is 0. The highest BCUT2D eigenvalue weighted by Crippen LogP contribution is 2.29. The Morgan fingerprint density at radius 1 is 0.750 bits per heavy atom. The highest BCUT2D eigenvalue weighted by molar-refractivity contribution is 6.00. The van der Waals surface area contributed by atoms with Gasteiger partial charge in [0.2, 0.25) is 0 Å². The zero-order valence-electron chi connectivity index (χ0n) is 8.68. The minimum atomic E-state index is 0.711. The molecule has 0 saturated heterocycles. The minimum absolute atomic E-state index is 0.711. The Hall–Kier alpha value is -2.06. The highest BCUT2D eigenvalue weighted by Gasteiger charge is 2.02. The minimum Gasteiger partial charge on any atom is -0.411 e. The van der Waals surface area contributed by atoms with Crippen LogP contribution in [0.25, 0.3) is 21.5 Å². The fourth-order valence-corrected chi connectivity index (χ4v) is 2.04. The molecule has 0 heterocycles. The molecule has 0 amide bonds. The first-order valence-electron chi connectivity index (χ1n) is 5.17. The molecule has 2 nitrogen and oxygen atoms in total. The molecule has 0 aliphatic heterocycles. The van der Waals surface area contributed by atoms with Crippen molar-refractivity contribution in [3.8, 4) is 5.75 Å². The van der Waals surface area contributed by atoms with Gasteiger partial charge in [-0.2, -0.15) is 5.90 Å². The summed E-state index contributed by atoms with van der Waals surface area (Å²) in [6.07, 6.45) is 0. The molecule has 0 aliphatic carbocycles. The van der Waals surface area contributed by atoms with Gasteiger partial charge in [0, 0.05) is 5.39 Å². The van der Waals surface area contributed by atoms with Crippen LogP contribution in [0.2, 0.25) is 0 Å². The van der Waals surface area contributed by atoms with Gasteiger partial charge in [-0.15, -0.1) is 0 Å². The van der Waals surface area contributed by atoms with Gasteiger partial charge in [-0.3, -0.25) is 0 Å². The Balaban J connectivity index is 2.46. The van der Waals surface area contributed by atoms with Crippen LogP contribution in [0.5, 0.6) is 5.75 Å². The summed E-state index contributed by atoms with van der Waals surface area (Å²) in [6, 6.07) is 18.4. The molecule has 0 aromatic heterocycles. The Morgan fingerprint density at radius 2 is 1.44 bits per heavy atom. The summed E-state index contributed by atoms with van der Waals surface area (Å²) in [5.74, 6) is 5.97. The van der Waals surface area contributed by atoms with Crippen molar-refractivity contribution in [2.24, 2.45) is 5.90 Å². The number of benzene rings is 3. The molecular formula is C14H11NO. The van der Waals surface area contributed by atoms with E-state index < -0.39 is 0 Å². The molecule has 78 valence electrons. The summed E-state index contributed by atoms with van der Waals surface area (Å²) in [6.45, 7) is 0. The summed E-state index contributed by atoms with van der Waals surface area (Å²) in [4.78, 5) is 4.88. The first-order chi connectivity index (χ1) is 7.88. The second kappa shape index (κ2) is 3.51. The van der Waals surface area contributed by atoms with Crippen molar-refractivity contribution in [3.63, 3.8) is 0 Å². The van der Waals surface area contributed by atoms with Crippen LogP contribution >= 0.6 is 0 Å². The van der Waals surface area contributed by atoms with E-state index in [1.165, 1.54) is 10.8 Å². The van der Waals surface area contributed by atoms with Gasteiger partial charge in [-0.1, -0.05) is 36.4 Å².